The number of aliphatic hydroxyl groups is 1. The molecule has 0 radical (unpaired) electrons. The molecule has 8 heteroatoms. The van der Waals surface area contributed by atoms with E-state index in [1.165, 1.54) is 16.3 Å². The molecule has 0 saturated heterocycles. The fourth-order valence-corrected chi connectivity index (χ4v) is 3.96. The molecule has 4 rings (SSSR count). The molecule has 0 spiro atoms. The van der Waals surface area contributed by atoms with Crippen LogP contribution < -0.4 is 5.56 Å². The van der Waals surface area contributed by atoms with E-state index in [4.69, 9.17) is 0 Å². The minimum atomic E-state index is -0.517. The Bertz CT molecular complexity index is 1330. The Balaban J connectivity index is 1.72. The number of nitriles is 1. The van der Waals surface area contributed by atoms with E-state index in [2.05, 4.69) is 15.0 Å². The van der Waals surface area contributed by atoms with E-state index in [-0.39, 0.29) is 16.9 Å². The van der Waals surface area contributed by atoms with Crippen LogP contribution >= 0.6 is 11.8 Å². The highest BCUT2D eigenvalue weighted by molar-refractivity contribution is 7.99. The lowest BCUT2D eigenvalue weighted by molar-refractivity contribution is 0.401. The number of rotatable bonds is 4. The second-order valence-corrected chi connectivity index (χ2v) is 7.82. The SMILES string of the molecule is CC(Sc1nc2ccccc2c(=O)n1C)/C(O)=C(\C#N)c1nc2ccccc2[nH]1. The molecular weight excluding hydrogens is 386 g/mol. The molecule has 2 heterocycles. The fourth-order valence-electron chi connectivity index (χ4n) is 3.02. The minimum absolute atomic E-state index is 0.0620. The number of nitrogens with zero attached hydrogens (tertiary/aromatic N) is 4. The summed E-state index contributed by atoms with van der Waals surface area (Å²) in [4.78, 5) is 24.6. The standard InChI is InChI=1S/C21H17N5O2S/c1-12(29-21-25-15-8-4-3-7-13(15)20(28)26(21)2)18(27)14(11-22)19-23-16-9-5-6-10-17(16)24-19/h3-10,12,27H,1-2H3,(H,23,24)/b18-14-. The van der Waals surface area contributed by atoms with Crippen molar-refractivity contribution in [3.8, 4) is 6.07 Å². The maximum Gasteiger partial charge on any atom is 0.261 e. The van der Waals surface area contributed by atoms with Crippen molar-refractivity contribution in [2.75, 3.05) is 0 Å². The Labute approximate surface area is 170 Å². The molecule has 0 aliphatic carbocycles. The molecule has 2 aromatic heterocycles. The van der Waals surface area contributed by atoms with Gasteiger partial charge in [-0.2, -0.15) is 5.26 Å². The Kier molecular flexibility index (Phi) is 4.82. The zero-order chi connectivity index (χ0) is 20.5. The Morgan fingerprint density at radius 2 is 1.86 bits per heavy atom. The van der Waals surface area contributed by atoms with Crippen LogP contribution in [0.2, 0.25) is 0 Å². The first-order chi connectivity index (χ1) is 14.0. The molecular formula is C21H17N5O2S. The lowest BCUT2D eigenvalue weighted by atomic mass is 10.2. The zero-order valence-electron chi connectivity index (χ0n) is 15.7. The average Bonchev–Trinajstić information content (AvgIpc) is 3.16. The predicted molar refractivity (Wildman–Crippen MR) is 114 cm³/mol. The van der Waals surface area contributed by atoms with Gasteiger partial charge < -0.3 is 10.1 Å². The molecule has 0 fully saturated rings. The highest BCUT2D eigenvalue weighted by Gasteiger charge is 2.21. The summed E-state index contributed by atoms with van der Waals surface area (Å²) in [5, 5.41) is 20.8. The summed E-state index contributed by atoms with van der Waals surface area (Å²) >= 11 is 1.20. The van der Waals surface area contributed by atoms with E-state index in [1.807, 2.05) is 36.4 Å². The van der Waals surface area contributed by atoms with Gasteiger partial charge in [-0.3, -0.25) is 9.36 Å². The number of hydrogen-bond acceptors (Lipinski definition) is 6. The van der Waals surface area contributed by atoms with Crippen LogP contribution in [-0.2, 0) is 7.05 Å². The number of fused-ring (bicyclic) bond motifs is 2. The van der Waals surface area contributed by atoms with Crippen molar-refractivity contribution in [1.82, 2.24) is 19.5 Å². The molecule has 1 atom stereocenters. The normalized spacial score (nSPS) is 13.3. The quantitative estimate of drug-likeness (QED) is 0.232. The first kappa shape index (κ1) is 18.8. The summed E-state index contributed by atoms with van der Waals surface area (Å²) in [5.74, 6) is 0.179. The predicted octanol–water partition coefficient (Wildman–Crippen LogP) is 3.78. The number of benzene rings is 2. The summed E-state index contributed by atoms with van der Waals surface area (Å²) in [6, 6.07) is 16.6. The summed E-state index contributed by atoms with van der Waals surface area (Å²) < 4.78 is 1.45. The number of aromatic amines is 1. The summed E-state index contributed by atoms with van der Waals surface area (Å²) in [7, 11) is 1.64. The molecule has 0 aliphatic heterocycles. The van der Waals surface area contributed by atoms with Gasteiger partial charge in [-0.15, -0.1) is 0 Å². The first-order valence-electron chi connectivity index (χ1n) is 8.90. The van der Waals surface area contributed by atoms with E-state index in [0.29, 0.717) is 27.4 Å². The van der Waals surface area contributed by atoms with Crippen LogP contribution in [0.1, 0.15) is 12.7 Å². The van der Waals surface area contributed by atoms with Gasteiger partial charge in [-0.05, 0) is 31.2 Å². The van der Waals surface area contributed by atoms with Crippen molar-refractivity contribution in [1.29, 1.82) is 5.26 Å². The number of nitrogens with one attached hydrogen (secondary N) is 1. The fraction of sp³-hybridized carbons (Fsp3) is 0.143. The van der Waals surface area contributed by atoms with Crippen molar-refractivity contribution in [3.63, 3.8) is 0 Å². The highest BCUT2D eigenvalue weighted by atomic mass is 32.2. The van der Waals surface area contributed by atoms with Crippen molar-refractivity contribution in [3.05, 3.63) is 70.5 Å². The maximum absolute atomic E-state index is 12.6. The van der Waals surface area contributed by atoms with Crippen LogP contribution in [-0.4, -0.2) is 29.9 Å². The lowest BCUT2D eigenvalue weighted by Crippen LogP contribution is -2.21. The van der Waals surface area contributed by atoms with Crippen molar-refractivity contribution in [2.24, 2.45) is 7.05 Å². The molecule has 4 aromatic rings. The van der Waals surface area contributed by atoms with Crippen molar-refractivity contribution >= 4 is 39.3 Å². The molecule has 0 saturated carbocycles. The van der Waals surface area contributed by atoms with Gasteiger partial charge in [0, 0.05) is 7.05 Å². The molecule has 0 amide bonds. The minimum Gasteiger partial charge on any atom is -0.510 e. The second kappa shape index (κ2) is 7.45. The van der Waals surface area contributed by atoms with Gasteiger partial charge in [0.1, 0.15) is 17.4 Å². The number of allylic oxidation sites excluding steroid dienone is 1. The Hall–Kier alpha value is -3.57. The van der Waals surface area contributed by atoms with Gasteiger partial charge in [0.15, 0.2) is 11.0 Å². The van der Waals surface area contributed by atoms with E-state index >= 15 is 0 Å². The largest absolute Gasteiger partial charge is 0.510 e. The molecule has 2 aromatic carbocycles. The second-order valence-electron chi connectivity index (χ2n) is 6.51. The molecule has 0 aliphatic rings. The van der Waals surface area contributed by atoms with E-state index in [9.17, 15) is 15.2 Å². The first-order valence-corrected chi connectivity index (χ1v) is 9.78. The number of imidazole rings is 1. The number of thioether (sulfide) groups is 1. The zero-order valence-corrected chi connectivity index (χ0v) is 16.6. The smallest absolute Gasteiger partial charge is 0.261 e. The summed E-state index contributed by atoms with van der Waals surface area (Å²) in [6.07, 6.45) is 0. The van der Waals surface area contributed by atoms with Gasteiger partial charge in [-0.25, -0.2) is 9.97 Å². The van der Waals surface area contributed by atoms with Crippen molar-refractivity contribution in [2.45, 2.75) is 17.3 Å². The Morgan fingerprint density at radius 1 is 1.17 bits per heavy atom. The summed E-state index contributed by atoms with van der Waals surface area (Å²) in [6.45, 7) is 1.75. The van der Waals surface area contributed by atoms with Crippen LogP contribution in [0, 0.1) is 11.3 Å². The van der Waals surface area contributed by atoms with Gasteiger partial charge >= 0.3 is 0 Å². The lowest BCUT2D eigenvalue weighted by Gasteiger charge is -2.14. The van der Waals surface area contributed by atoms with Gasteiger partial charge in [0.2, 0.25) is 0 Å². The molecule has 1 unspecified atom stereocenters. The summed E-state index contributed by atoms with van der Waals surface area (Å²) in [5.41, 5.74) is 1.98. The van der Waals surface area contributed by atoms with Crippen LogP contribution in [0.4, 0.5) is 0 Å². The van der Waals surface area contributed by atoms with Crippen LogP contribution in [0.15, 0.2) is 64.2 Å². The molecule has 144 valence electrons. The number of hydrogen-bond donors (Lipinski definition) is 2. The van der Waals surface area contributed by atoms with Crippen LogP contribution in [0.5, 0.6) is 0 Å². The van der Waals surface area contributed by atoms with Gasteiger partial charge in [-0.1, -0.05) is 36.0 Å². The van der Waals surface area contributed by atoms with Crippen LogP contribution in [0.25, 0.3) is 27.5 Å². The average molecular weight is 403 g/mol. The van der Waals surface area contributed by atoms with Gasteiger partial charge in [0.05, 0.1) is 27.2 Å². The number of H-pyrrole nitrogens is 1. The molecule has 7 nitrogen and oxygen atoms in total. The number of para-hydroxylation sites is 3. The third-order valence-corrected chi connectivity index (χ3v) is 5.76. The number of aromatic nitrogens is 4. The molecule has 0 bridgehead atoms. The number of aliphatic hydroxyl groups excluding tert-OH is 1. The topological polar surface area (TPSA) is 108 Å². The van der Waals surface area contributed by atoms with E-state index < -0.39 is 5.25 Å². The van der Waals surface area contributed by atoms with Crippen LogP contribution in [0.3, 0.4) is 0 Å². The third kappa shape index (κ3) is 3.37. The monoisotopic (exact) mass is 403 g/mol. The van der Waals surface area contributed by atoms with Crippen molar-refractivity contribution < 1.29 is 5.11 Å². The van der Waals surface area contributed by atoms with E-state index in [1.54, 1.807) is 32.2 Å². The van der Waals surface area contributed by atoms with Gasteiger partial charge in [0.25, 0.3) is 5.56 Å². The third-order valence-electron chi connectivity index (χ3n) is 4.60. The molecule has 29 heavy (non-hydrogen) atoms. The highest BCUT2D eigenvalue weighted by Crippen LogP contribution is 2.29. The maximum atomic E-state index is 12.6. The molecule has 2 N–H and O–H groups in total. The Morgan fingerprint density at radius 3 is 2.59 bits per heavy atom. The van der Waals surface area contributed by atoms with E-state index in [0.717, 1.165) is 5.52 Å².